The zero-order valence-electron chi connectivity index (χ0n) is 12.9. The Labute approximate surface area is 154 Å². The molecular formula is C19H12Cl2N3O+. The summed E-state index contributed by atoms with van der Waals surface area (Å²) in [6, 6.07) is 15.2. The number of pyridine rings is 1. The van der Waals surface area contributed by atoms with Crippen LogP contribution in [0, 0.1) is 11.3 Å². The predicted molar refractivity (Wildman–Crippen MR) is 96.3 cm³/mol. The standard InChI is InChI=1S/C19H11Cl2N3O/c20-13-4-1-5-14(21)16(13)15-11-7-6-10-3-2-8-24-17(10)18(11)25-19(23)12(15)9-22/h1-8,15H,23H2/p+1. The smallest absolute Gasteiger partial charge is 0.254 e. The van der Waals surface area contributed by atoms with Gasteiger partial charge in [0, 0.05) is 27.2 Å². The number of H-pyrrole nitrogens is 1. The van der Waals surface area contributed by atoms with Crippen molar-refractivity contribution in [2.45, 2.75) is 5.92 Å². The van der Waals surface area contributed by atoms with Gasteiger partial charge in [-0.05, 0) is 24.3 Å². The first-order chi connectivity index (χ1) is 12.1. The van der Waals surface area contributed by atoms with E-state index in [-0.39, 0.29) is 11.5 Å². The number of nitrogens with zero attached hydrogens (tertiary/aromatic N) is 1. The maximum Gasteiger partial charge on any atom is 0.254 e. The highest BCUT2D eigenvalue weighted by Crippen LogP contribution is 2.47. The molecule has 0 bridgehead atoms. The van der Waals surface area contributed by atoms with E-state index in [1.54, 1.807) is 18.2 Å². The van der Waals surface area contributed by atoms with Gasteiger partial charge in [0.25, 0.3) is 5.52 Å². The number of aromatic amines is 1. The number of hydrogen-bond acceptors (Lipinski definition) is 3. The minimum atomic E-state index is -0.493. The topological polar surface area (TPSA) is 73.2 Å². The van der Waals surface area contributed by atoms with Crippen molar-refractivity contribution in [1.82, 2.24) is 0 Å². The number of allylic oxidation sites excluding steroid dienone is 1. The van der Waals surface area contributed by atoms with Gasteiger partial charge in [0.15, 0.2) is 6.20 Å². The lowest BCUT2D eigenvalue weighted by Crippen LogP contribution is -2.23. The molecular weight excluding hydrogens is 357 g/mol. The lowest BCUT2D eigenvalue weighted by molar-refractivity contribution is -0.345. The summed E-state index contributed by atoms with van der Waals surface area (Å²) in [6.07, 6.45) is 1.81. The molecule has 0 aliphatic carbocycles. The van der Waals surface area contributed by atoms with Crippen molar-refractivity contribution in [2.24, 2.45) is 5.73 Å². The predicted octanol–water partition coefficient (Wildman–Crippen LogP) is 4.18. The molecule has 1 aliphatic heterocycles. The normalized spacial score (nSPS) is 16.3. The molecule has 0 spiro atoms. The Hall–Kier alpha value is -2.74. The van der Waals surface area contributed by atoms with Gasteiger partial charge in [0.05, 0.1) is 11.3 Å². The number of aromatic nitrogens is 1. The van der Waals surface area contributed by atoms with Gasteiger partial charge in [-0.15, -0.1) is 0 Å². The first-order valence-corrected chi connectivity index (χ1v) is 8.32. The van der Waals surface area contributed by atoms with Gasteiger partial charge >= 0.3 is 0 Å². The summed E-state index contributed by atoms with van der Waals surface area (Å²) < 4.78 is 5.80. The lowest BCUT2D eigenvalue weighted by Gasteiger charge is -2.27. The van der Waals surface area contributed by atoms with Crippen molar-refractivity contribution in [3.8, 4) is 11.8 Å². The molecule has 4 nitrogen and oxygen atoms in total. The highest BCUT2D eigenvalue weighted by molar-refractivity contribution is 6.36. The van der Waals surface area contributed by atoms with Crippen LogP contribution in [0.25, 0.3) is 10.9 Å². The molecule has 0 amide bonds. The van der Waals surface area contributed by atoms with Crippen molar-refractivity contribution >= 4 is 34.1 Å². The van der Waals surface area contributed by atoms with Gasteiger partial charge in [-0.2, -0.15) is 5.26 Å². The molecule has 6 heteroatoms. The molecule has 0 fully saturated rings. The number of nitrogens with two attached hydrogens (primary N) is 1. The largest absolute Gasteiger partial charge is 0.433 e. The first-order valence-electron chi connectivity index (χ1n) is 7.56. The van der Waals surface area contributed by atoms with Crippen molar-refractivity contribution in [3.63, 3.8) is 0 Å². The Morgan fingerprint density at radius 3 is 2.56 bits per heavy atom. The van der Waals surface area contributed by atoms with Gasteiger partial charge < -0.3 is 10.5 Å². The number of nitrogens with one attached hydrogen (secondary N) is 1. The number of halogens is 2. The van der Waals surface area contributed by atoms with E-state index in [2.05, 4.69) is 11.1 Å². The summed E-state index contributed by atoms with van der Waals surface area (Å²) in [5.74, 6) is 0.143. The van der Waals surface area contributed by atoms with Crippen LogP contribution in [0.5, 0.6) is 5.75 Å². The molecule has 122 valence electrons. The molecule has 1 atom stereocenters. The fourth-order valence-corrected chi connectivity index (χ4v) is 3.81. The highest BCUT2D eigenvalue weighted by Gasteiger charge is 2.35. The van der Waals surface area contributed by atoms with Crippen LogP contribution in [0.4, 0.5) is 0 Å². The van der Waals surface area contributed by atoms with Gasteiger partial charge in [0.2, 0.25) is 11.6 Å². The number of rotatable bonds is 1. The molecule has 2 heterocycles. The van der Waals surface area contributed by atoms with Crippen molar-refractivity contribution in [2.75, 3.05) is 0 Å². The molecule has 3 aromatic rings. The molecule has 0 saturated carbocycles. The maximum atomic E-state index is 9.65. The fourth-order valence-electron chi connectivity index (χ4n) is 3.19. The highest BCUT2D eigenvalue weighted by atomic mass is 35.5. The molecule has 0 saturated heterocycles. The second-order valence-electron chi connectivity index (χ2n) is 5.68. The quantitative estimate of drug-likeness (QED) is 0.699. The van der Waals surface area contributed by atoms with Crippen LogP contribution in [-0.2, 0) is 0 Å². The second kappa shape index (κ2) is 5.96. The van der Waals surface area contributed by atoms with Gasteiger partial charge in [0.1, 0.15) is 11.6 Å². The van der Waals surface area contributed by atoms with E-state index in [0.717, 1.165) is 16.5 Å². The number of nitriles is 1. The summed E-state index contributed by atoms with van der Waals surface area (Å²) in [5.41, 5.74) is 8.58. The van der Waals surface area contributed by atoms with E-state index in [1.165, 1.54) is 0 Å². The molecule has 25 heavy (non-hydrogen) atoms. The van der Waals surface area contributed by atoms with Crippen LogP contribution in [-0.4, -0.2) is 0 Å². The molecule has 1 unspecified atom stereocenters. The third-order valence-corrected chi connectivity index (χ3v) is 4.97. The van der Waals surface area contributed by atoms with E-state index < -0.39 is 5.92 Å². The Morgan fingerprint density at radius 1 is 1.08 bits per heavy atom. The third-order valence-electron chi connectivity index (χ3n) is 4.31. The molecule has 0 radical (unpaired) electrons. The van der Waals surface area contributed by atoms with Crippen LogP contribution in [0.2, 0.25) is 10.0 Å². The lowest BCUT2D eigenvalue weighted by atomic mass is 9.83. The van der Waals surface area contributed by atoms with Crippen molar-refractivity contribution in [3.05, 3.63) is 81.3 Å². The average molecular weight is 369 g/mol. The van der Waals surface area contributed by atoms with E-state index in [9.17, 15) is 5.26 Å². The Morgan fingerprint density at radius 2 is 1.84 bits per heavy atom. The van der Waals surface area contributed by atoms with Crippen LogP contribution in [0.15, 0.2) is 60.1 Å². The van der Waals surface area contributed by atoms with Crippen LogP contribution in [0.3, 0.4) is 0 Å². The number of hydrogen-bond donors (Lipinski definition) is 1. The second-order valence-corrected chi connectivity index (χ2v) is 6.49. The van der Waals surface area contributed by atoms with Crippen LogP contribution < -0.4 is 15.5 Å². The maximum absolute atomic E-state index is 9.65. The molecule has 1 aliphatic rings. The van der Waals surface area contributed by atoms with E-state index in [0.29, 0.717) is 21.4 Å². The summed E-state index contributed by atoms with van der Waals surface area (Å²) >= 11 is 12.8. The van der Waals surface area contributed by atoms with Gasteiger partial charge in [-0.25, -0.2) is 4.98 Å². The molecule has 2 aromatic carbocycles. The Balaban J connectivity index is 2.07. The molecule has 4 rings (SSSR count). The minimum Gasteiger partial charge on any atom is -0.433 e. The van der Waals surface area contributed by atoms with E-state index in [4.69, 9.17) is 33.7 Å². The molecule has 1 aromatic heterocycles. The van der Waals surface area contributed by atoms with Crippen LogP contribution >= 0.6 is 23.2 Å². The Kier molecular flexibility index (Phi) is 3.76. The number of ether oxygens (including phenoxy) is 1. The van der Waals surface area contributed by atoms with Crippen LogP contribution in [0.1, 0.15) is 17.0 Å². The van der Waals surface area contributed by atoms with Gasteiger partial charge in [-0.3, -0.25) is 0 Å². The van der Waals surface area contributed by atoms with Crippen molar-refractivity contribution in [1.29, 1.82) is 5.26 Å². The van der Waals surface area contributed by atoms with Gasteiger partial charge in [-0.1, -0.05) is 35.3 Å². The number of benzene rings is 2. The first kappa shape index (κ1) is 15.8. The number of fused-ring (bicyclic) bond motifs is 3. The zero-order chi connectivity index (χ0) is 17.6. The summed E-state index contributed by atoms with van der Waals surface area (Å²) in [7, 11) is 0. The van der Waals surface area contributed by atoms with E-state index >= 15 is 0 Å². The molecule has 3 N–H and O–H groups in total. The van der Waals surface area contributed by atoms with E-state index in [1.807, 2.05) is 30.5 Å². The third kappa shape index (κ3) is 2.41. The zero-order valence-corrected chi connectivity index (χ0v) is 14.4. The summed E-state index contributed by atoms with van der Waals surface area (Å²) in [4.78, 5) is 3.18. The fraction of sp³-hybridized carbons (Fsp3) is 0.0526. The Bertz CT molecular complexity index is 1070. The monoisotopic (exact) mass is 368 g/mol. The summed E-state index contributed by atoms with van der Waals surface area (Å²) in [5, 5.41) is 11.6. The minimum absolute atomic E-state index is 0.0562. The average Bonchev–Trinajstić information content (AvgIpc) is 2.61. The summed E-state index contributed by atoms with van der Waals surface area (Å²) in [6.45, 7) is 0. The SMILES string of the molecule is N#CC1=C(N)Oc2c(ccc3ccc[nH+]c23)C1c1c(Cl)cccc1Cl. The van der Waals surface area contributed by atoms with Crippen molar-refractivity contribution < 1.29 is 9.72 Å².